The van der Waals surface area contributed by atoms with Crippen molar-refractivity contribution in [3.05, 3.63) is 61.2 Å². The molecule has 1 aromatic carbocycles. The van der Waals surface area contributed by atoms with Crippen LogP contribution in [0.25, 0.3) is 0 Å². The Balaban J connectivity index is 2.22. The lowest BCUT2D eigenvalue weighted by atomic mass is 10.0. The summed E-state index contributed by atoms with van der Waals surface area (Å²) in [6.45, 7) is 0. The molecule has 1 atom stereocenters. The summed E-state index contributed by atoms with van der Waals surface area (Å²) in [5.41, 5.74) is 2.30. The number of nitrogens with zero attached hydrogens (tertiary/aromatic N) is 1. The van der Waals surface area contributed by atoms with Crippen LogP contribution in [0.2, 0.25) is 0 Å². The fourth-order valence-electron chi connectivity index (χ4n) is 1.87. The first-order valence-corrected chi connectivity index (χ1v) is 8.20. The second kappa shape index (κ2) is 6.97. The molecule has 0 amide bonds. The van der Waals surface area contributed by atoms with E-state index in [4.69, 9.17) is 0 Å². The normalized spacial score (nSPS) is 12.4. The predicted octanol–water partition coefficient (Wildman–Crippen LogP) is 4.87. The lowest BCUT2D eigenvalue weighted by molar-refractivity contribution is 0.573. The van der Waals surface area contributed by atoms with Crippen molar-refractivity contribution in [2.75, 3.05) is 7.05 Å². The van der Waals surface area contributed by atoms with Gasteiger partial charge in [-0.1, -0.05) is 28.1 Å². The van der Waals surface area contributed by atoms with Crippen LogP contribution in [0.5, 0.6) is 0 Å². The largest absolute Gasteiger partial charge is 0.311 e. The van der Waals surface area contributed by atoms with Gasteiger partial charge < -0.3 is 5.32 Å². The van der Waals surface area contributed by atoms with E-state index >= 15 is 0 Å². The van der Waals surface area contributed by atoms with Crippen LogP contribution in [-0.2, 0) is 6.42 Å². The molecule has 2 rings (SSSR count). The topological polar surface area (TPSA) is 24.9 Å². The van der Waals surface area contributed by atoms with Gasteiger partial charge in [0, 0.05) is 19.6 Å². The fraction of sp³-hybridized carbons (Fsp3) is 0.214. The lowest BCUT2D eigenvalue weighted by Crippen LogP contribution is -2.20. The molecule has 1 aromatic heterocycles. The van der Waals surface area contributed by atoms with E-state index in [-0.39, 0.29) is 6.04 Å². The number of halogens is 3. The molecule has 5 heteroatoms. The predicted molar refractivity (Wildman–Crippen MR) is 89.3 cm³/mol. The van der Waals surface area contributed by atoms with E-state index < -0.39 is 0 Å². The number of hydrogen-bond acceptors (Lipinski definition) is 2. The highest BCUT2D eigenvalue weighted by Gasteiger charge is 2.15. The quantitative estimate of drug-likeness (QED) is 0.721. The Morgan fingerprint density at radius 1 is 1.11 bits per heavy atom. The molecule has 2 aromatic rings. The van der Waals surface area contributed by atoms with Crippen molar-refractivity contribution in [1.29, 1.82) is 0 Å². The zero-order valence-corrected chi connectivity index (χ0v) is 15.1. The average Bonchev–Trinajstić information content (AvgIpc) is 2.39. The molecule has 100 valence electrons. The number of nitrogens with one attached hydrogen (secondary N) is 1. The molecule has 0 fully saturated rings. The van der Waals surface area contributed by atoms with Crippen molar-refractivity contribution in [2.24, 2.45) is 0 Å². The molecule has 19 heavy (non-hydrogen) atoms. The maximum atomic E-state index is 4.50. The molecule has 2 nitrogen and oxygen atoms in total. The Hall–Kier alpha value is -0.230. The molecule has 0 aliphatic heterocycles. The molecule has 0 spiro atoms. The van der Waals surface area contributed by atoms with Crippen molar-refractivity contribution >= 4 is 47.8 Å². The van der Waals surface area contributed by atoms with Crippen molar-refractivity contribution in [1.82, 2.24) is 10.3 Å². The number of hydrogen-bond donors (Lipinski definition) is 1. The van der Waals surface area contributed by atoms with Gasteiger partial charge in [-0.3, -0.25) is 4.98 Å². The van der Waals surface area contributed by atoms with Gasteiger partial charge in [-0.15, -0.1) is 0 Å². The molecular weight excluding hydrogens is 436 g/mol. The molecule has 0 saturated heterocycles. The van der Waals surface area contributed by atoms with Gasteiger partial charge in [0.25, 0.3) is 0 Å². The lowest BCUT2D eigenvalue weighted by Gasteiger charge is -2.17. The van der Waals surface area contributed by atoms with E-state index in [2.05, 4.69) is 82.4 Å². The van der Waals surface area contributed by atoms with E-state index in [1.54, 1.807) is 0 Å². The van der Waals surface area contributed by atoms with Gasteiger partial charge in [0.15, 0.2) is 0 Å². The minimum atomic E-state index is 0.184. The zero-order chi connectivity index (χ0) is 13.8. The molecule has 1 heterocycles. The van der Waals surface area contributed by atoms with Crippen molar-refractivity contribution in [2.45, 2.75) is 12.5 Å². The number of pyridine rings is 1. The summed E-state index contributed by atoms with van der Waals surface area (Å²) in [7, 11) is 1.96. The zero-order valence-electron chi connectivity index (χ0n) is 10.3. The molecule has 0 aliphatic rings. The first-order valence-electron chi connectivity index (χ1n) is 5.83. The Labute approximate surface area is 138 Å². The highest BCUT2D eigenvalue weighted by atomic mass is 79.9. The summed E-state index contributed by atoms with van der Waals surface area (Å²) in [5.74, 6) is 0. The molecule has 0 radical (unpaired) electrons. The summed E-state index contributed by atoms with van der Waals surface area (Å²) < 4.78 is 3.08. The summed E-state index contributed by atoms with van der Waals surface area (Å²) in [5, 5.41) is 3.32. The van der Waals surface area contributed by atoms with Crippen LogP contribution in [0.15, 0.2) is 49.9 Å². The number of rotatable bonds is 4. The second-order valence-corrected chi connectivity index (χ2v) is 6.88. The average molecular weight is 449 g/mol. The van der Waals surface area contributed by atoms with E-state index in [1.807, 2.05) is 19.3 Å². The fourth-order valence-corrected chi connectivity index (χ4v) is 3.40. The van der Waals surface area contributed by atoms with Crippen LogP contribution in [-0.4, -0.2) is 12.0 Å². The van der Waals surface area contributed by atoms with Gasteiger partial charge in [-0.05, 0) is 69.1 Å². The third-order valence-electron chi connectivity index (χ3n) is 2.87. The summed E-state index contributed by atoms with van der Waals surface area (Å²) >= 11 is 10.5. The van der Waals surface area contributed by atoms with Crippen LogP contribution in [0.3, 0.4) is 0 Å². The van der Waals surface area contributed by atoms with Gasteiger partial charge in [-0.2, -0.15) is 0 Å². The third-order valence-corrected chi connectivity index (χ3v) is 4.47. The maximum absolute atomic E-state index is 4.50. The molecule has 0 aliphatic carbocycles. The highest BCUT2D eigenvalue weighted by Crippen LogP contribution is 2.27. The van der Waals surface area contributed by atoms with Gasteiger partial charge >= 0.3 is 0 Å². The highest BCUT2D eigenvalue weighted by molar-refractivity contribution is 9.11. The Kier molecular flexibility index (Phi) is 5.57. The standard InChI is InChI=1S/C14H13Br3N2/c1-18-13(6-9-2-4-10(15)5-3-9)14-12(17)7-11(16)8-19-14/h2-5,7-8,13,18H,6H2,1H3. The second-order valence-electron chi connectivity index (χ2n) is 4.19. The van der Waals surface area contributed by atoms with E-state index in [1.165, 1.54) is 5.56 Å². The van der Waals surface area contributed by atoms with Crippen molar-refractivity contribution < 1.29 is 0 Å². The van der Waals surface area contributed by atoms with E-state index in [0.29, 0.717) is 0 Å². The van der Waals surface area contributed by atoms with E-state index in [9.17, 15) is 0 Å². The molecule has 1 unspecified atom stereocenters. The van der Waals surface area contributed by atoms with Gasteiger partial charge in [0.2, 0.25) is 0 Å². The van der Waals surface area contributed by atoms with Crippen LogP contribution < -0.4 is 5.32 Å². The smallest absolute Gasteiger partial charge is 0.0719 e. The molecule has 0 saturated carbocycles. The van der Waals surface area contributed by atoms with Crippen LogP contribution in [0.1, 0.15) is 17.3 Å². The maximum Gasteiger partial charge on any atom is 0.0719 e. The Morgan fingerprint density at radius 2 is 1.79 bits per heavy atom. The third kappa shape index (κ3) is 4.12. The van der Waals surface area contributed by atoms with Crippen LogP contribution in [0.4, 0.5) is 0 Å². The van der Waals surface area contributed by atoms with Crippen molar-refractivity contribution in [3.8, 4) is 0 Å². The number of aromatic nitrogens is 1. The minimum Gasteiger partial charge on any atom is -0.311 e. The Bertz CT molecular complexity index is 555. The van der Waals surface area contributed by atoms with Crippen LogP contribution >= 0.6 is 47.8 Å². The van der Waals surface area contributed by atoms with Gasteiger partial charge in [0.05, 0.1) is 11.7 Å². The van der Waals surface area contributed by atoms with Crippen LogP contribution in [0, 0.1) is 0 Å². The SMILES string of the molecule is CNC(Cc1ccc(Br)cc1)c1ncc(Br)cc1Br. The molecule has 1 N–H and O–H groups in total. The van der Waals surface area contributed by atoms with E-state index in [0.717, 1.165) is 25.5 Å². The summed E-state index contributed by atoms with van der Waals surface area (Å²) in [4.78, 5) is 4.50. The molecular formula is C14H13Br3N2. The summed E-state index contributed by atoms with van der Waals surface area (Å²) in [6.07, 6.45) is 2.73. The first kappa shape index (κ1) is 15.2. The monoisotopic (exact) mass is 446 g/mol. The van der Waals surface area contributed by atoms with Gasteiger partial charge in [-0.25, -0.2) is 0 Å². The number of likely N-dealkylation sites (N-methyl/N-ethyl adjacent to an activating group) is 1. The molecule has 0 bridgehead atoms. The minimum absolute atomic E-state index is 0.184. The Morgan fingerprint density at radius 3 is 2.37 bits per heavy atom. The first-order chi connectivity index (χ1) is 9.10. The number of benzene rings is 1. The van der Waals surface area contributed by atoms with Gasteiger partial charge in [0.1, 0.15) is 0 Å². The summed E-state index contributed by atoms with van der Waals surface area (Å²) in [6, 6.07) is 10.6. The van der Waals surface area contributed by atoms with Crippen molar-refractivity contribution in [3.63, 3.8) is 0 Å².